The fourth-order valence-corrected chi connectivity index (χ4v) is 3.28. The van der Waals surface area contributed by atoms with Crippen LogP contribution in [0, 0.1) is 5.41 Å². The molecule has 140 valence electrons. The number of nitrogens with one attached hydrogen (secondary N) is 2. The topological polar surface area (TPSA) is 70.6 Å². The molecular formula is C17H30F2N2O3. The minimum atomic E-state index is -2.55. The van der Waals surface area contributed by atoms with Gasteiger partial charge in [0.05, 0.1) is 18.8 Å². The normalized spacial score (nSPS) is 31.2. The number of aliphatic hydroxyl groups excluding tert-OH is 1. The number of ether oxygens (including phenoxy) is 1. The van der Waals surface area contributed by atoms with E-state index in [2.05, 4.69) is 10.6 Å². The van der Waals surface area contributed by atoms with Crippen LogP contribution in [-0.2, 0) is 9.53 Å². The molecule has 1 amide bonds. The SMILES string of the molecule is CC(C)(C)CC(=O)NC[C@H]1OC[C@@H](NC2CCC(F)(F)CC2)[C@@H]1O. The van der Waals surface area contributed by atoms with E-state index >= 15 is 0 Å². The van der Waals surface area contributed by atoms with Crippen LogP contribution >= 0.6 is 0 Å². The lowest BCUT2D eigenvalue weighted by molar-refractivity contribution is -0.123. The van der Waals surface area contributed by atoms with Gasteiger partial charge in [0.15, 0.2) is 0 Å². The smallest absolute Gasteiger partial charge is 0.248 e. The van der Waals surface area contributed by atoms with Crippen molar-refractivity contribution in [1.29, 1.82) is 0 Å². The quantitative estimate of drug-likeness (QED) is 0.709. The second-order valence-corrected chi connectivity index (χ2v) is 8.31. The Bertz CT molecular complexity index is 430. The number of halogens is 2. The molecule has 1 saturated carbocycles. The van der Waals surface area contributed by atoms with Crippen molar-refractivity contribution in [3.05, 3.63) is 0 Å². The highest BCUT2D eigenvalue weighted by Crippen LogP contribution is 2.33. The first-order valence-electron chi connectivity index (χ1n) is 8.76. The highest BCUT2D eigenvalue weighted by atomic mass is 19.3. The van der Waals surface area contributed by atoms with Gasteiger partial charge >= 0.3 is 0 Å². The Labute approximate surface area is 142 Å². The zero-order chi connectivity index (χ0) is 18.0. The molecule has 3 N–H and O–H groups in total. The molecule has 24 heavy (non-hydrogen) atoms. The van der Waals surface area contributed by atoms with E-state index < -0.39 is 18.1 Å². The molecule has 1 saturated heterocycles. The second-order valence-electron chi connectivity index (χ2n) is 8.31. The van der Waals surface area contributed by atoms with Crippen LogP contribution in [0.15, 0.2) is 0 Å². The largest absolute Gasteiger partial charge is 0.389 e. The third-order valence-electron chi connectivity index (χ3n) is 4.64. The zero-order valence-electron chi connectivity index (χ0n) is 14.8. The van der Waals surface area contributed by atoms with E-state index in [-0.39, 0.29) is 42.8 Å². The first-order chi connectivity index (χ1) is 11.1. The number of carbonyl (C=O) groups is 1. The molecule has 0 radical (unpaired) electrons. The van der Waals surface area contributed by atoms with Crippen molar-refractivity contribution in [2.45, 2.75) is 83.1 Å². The van der Waals surface area contributed by atoms with Crippen molar-refractivity contribution >= 4 is 5.91 Å². The van der Waals surface area contributed by atoms with Gasteiger partial charge in [-0.25, -0.2) is 8.78 Å². The van der Waals surface area contributed by atoms with Crippen molar-refractivity contribution in [2.75, 3.05) is 13.2 Å². The Hall–Kier alpha value is -0.790. The highest BCUT2D eigenvalue weighted by molar-refractivity contribution is 5.76. The Morgan fingerprint density at radius 1 is 1.29 bits per heavy atom. The summed E-state index contributed by atoms with van der Waals surface area (Å²) < 4.78 is 31.9. The number of hydrogen-bond acceptors (Lipinski definition) is 4. The molecule has 0 spiro atoms. The average Bonchev–Trinajstić information content (AvgIpc) is 2.78. The minimum absolute atomic E-state index is 0.0119. The summed E-state index contributed by atoms with van der Waals surface area (Å²) in [7, 11) is 0. The van der Waals surface area contributed by atoms with Gasteiger partial charge in [0.2, 0.25) is 11.8 Å². The van der Waals surface area contributed by atoms with Crippen LogP contribution in [0.2, 0.25) is 0 Å². The van der Waals surface area contributed by atoms with Gasteiger partial charge in [0, 0.05) is 31.8 Å². The summed E-state index contributed by atoms with van der Waals surface area (Å²) in [6.45, 7) is 6.55. The lowest BCUT2D eigenvalue weighted by Gasteiger charge is -2.31. The van der Waals surface area contributed by atoms with Crippen LogP contribution < -0.4 is 10.6 Å². The Morgan fingerprint density at radius 2 is 1.92 bits per heavy atom. The molecule has 0 aromatic carbocycles. The molecule has 2 fully saturated rings. The molecule has 1 aliphatic carbocycles. The monoisotopic (exact) mass is 348 g/mol. The van der Waals surface area contributed by atoms with Crippen molar-refractivity contribution in [3.8, 4) is 0 Å². The van der Waals surface area contributed by atoms with Crippen LogP contribution in [0.3, 0.4) is 0 Å². The lowest BCUT2D eigenvalue weighted by Crippen LogP contribution is -2.49. The Balaban J connectivity index is 1.72. The van der Waals surface area contributed by atoms with Crippen molar-refractivity contribution in [2.24, 2.45) is 5.41 Å². The summed E-state index contributed by atoms with van der Waals surface area (Å²) in [5, 5.41) is 16.4. The summed E-state index contributed by atoms with van der Waals surface area (Å²) in [6.07, 6.45) is -0.208. The van der Waals surface area contributed by atoms with Gasteiger partial charge in [-0.3, -0.25) is 4.79 Å². The van der Waals surface area contributed by atoms with E-state index in [4.69, 9.17) is 4.74 Å². The lowest BCUT2D eigenvalue weighted by atomic mass is 9.91. The van der Waals surface area contributed by atoms with Crippen LogP contribution in [-0.4, -0.2) is 54.4 Å². The first-order valence-corrected chi connectivity index (χ1v) is 8.76. The first kappa shape index (κ1) is 19.5. The molecule has 2 rings (SSSR count). The molecule has 2 aliphatic rings. The maximum atomic E-state index is 13.2. The third-order valence-corrected chi connectivity index (χ3v) is 4.64. The second kappa shape index (κ2) is 7.62. The van der Waals surface area contributed by atoms with Crippen LogP contribution in [0.25, 0.3) is 0 Å². The Kier molecular flexibility index (Phi) is 6.20. The predicted molar refractivity (Wildman–Crippen MR) is 87.0 cm³/mol. The summed E-state index contributed by atoms with van der Waals surface area (Å²) in [5.74, 6) is -2.62. The van der Waals surface area contributed by atoms with E-state index in [0.717, 1.165) is 0 Å². The molecule has 0 unspecified atom stereocenters. The van der Waals surface area contributed by atoms with Crippen LogP contribution in [0.1, 0.15) is 52.9 Å². The fraction of sp³-hybridized carbons (Fsp3) is 0.941. The maximum absolute atomic E-state index is 13.2. The molecule has 3 atom stereocenters. The number of aliphatic hydroxyl groups is 1. The van der Waals surface area contributed by atoms with E-state index in [1.807, 2.05) is 20.8 Å². The number of amides is 1. The van der Waals surface area contributed by atoms with Gasteiger partial charge in [0.25, 0.3) is 0 Å². The summed E-state index contributed by atoms with van der Waals surface area (Å²) >= 11 is 0. The van der Waals surface area contributed by atoms with E-state index in [0.29, 0.717) is 25.9 Å². The van der Waals surface area contributed by atoms with Gasteiger partial charge in [-0.15, -0.1) is 0 Å². The molecule has 5 nitrogen and oxygen atoms in total. The van der Waals surface area contributed by atoms with Crippen molar-refractivity contribution in [1.82, 2.24) is 10.6 Å². The molecule has 1 aliphatic heterocycles. The van der Waals surface area contributed by atoms with Gasteiger partial charge in [-0.2, -0.15) is 0 Å². The van der Waals surface area contributed by atoms with Gasteiger partial charge in [0.1, 0.15) is 6.10 Å². The average molecular weight is 348 g/mol. The summed E-state index contributed by atoms with van der Waals surface area (Å²) in [4.78, 5) is 11.8. The standard InChI is InChI=1S/C17H30F2N2O3/c1-16(2,3)8-14(22)20-9-13-15(23)12(10-24-13)21-11-4-6-17(18,19)7-5-11/h11-13,15,21,23H,4-10H2,1-3H3,(H,20,22)/t12-,13-,15+/m1/s1. The maximum Gasteiger partial charge on any atom is 0.248 e. The van der Waals surface area contributed by atoms with E-state index in [9.17, 15) is 18.7 Å². The number of rotatable bonds is 5. The number of hydrogen-bond donors (Lipinski definition) is 3. The third kappa shape index (κ3) is 5.93. The highest BCUT2D eigenvalue weighted by Gasteiger charge is 2.40. The van der Waals surface area contributed by atoms with Crippen LogP contribution in [0.5, 0.6) is 0 Å². The van der Waals surface area contributed by atoms with Gasteiger partial charge in [-0.1, -0.05) is 20.8 Å². The summed E-state index contributed by atoms with van der Waals surface area (Å²) in [5.41, 5.74) is -0.0909. The van der Waals surface area contributed by atoms with Crippen LogP contribution in [0.4, 0.5) is 8.78 Å². The molecule has 0 bridgehead atoms. The zero-order valence-corrected chi connectivity index (χ0v) is 14.8. The molecular weight excluding hydrogens is 318 g/mol. The molecule has 0 aromatic rings. The fourth-order valence-electron chi connectivity index (χ4n) is 3.28. The van der Waals surface area contributed by atoms with Crippen molar-refractivity contribution in [3.63, 3.8) is 0 Å². The van der Waals surface area contributed by atoms with Crippen molar-refractivity contribution < 1.29 is 23.4 Å². The number of alkyl halides is 2. The molecule has 7 heteroatoms. The van der Waals surface area contributed by atoms with Gasteiger partial charge < -0.3 is 20.5 Å². The Morgan fingerprint density at radius 3 is 2.50 bits per heavy atom. The predicted octanol–water partition coefficient (Wildman–Crippen LogP) is 1.83. The minimum Gasteiger partial charge on any atom is -0.389 e. The number of carbonyl (C=O) groups excluding carboxylic acids is 1. The van der Waals surface area contributed by atoms with E-state index in [1.165, 1.54) is 0 Å². The van der Waals surface area contributed by atoms with Gasteiger partial charge in [-0.05, 0) is 18.3 Å². The molecule has 0 aromatic heterocycles. The summed E-state index contributed by atoms with van der Waals surface area (Å²) in [6, 6.07) is -0.284. The molecule has 1 heterocycles. The van der Waals surface area contributed by atoms with E-state index in [1.54, 1.807) is 0 Å².